The van der Waals surface area contributed by atoms with Crippen LogP contribution in [0.3, 0.4) is 0 Å². The zero-order chi connectivity index (χ0) is 22.5. The summed E-state index contributed by atoms with van der Waals surface area (Å²) in [5, 5.41) is 0. The molecule has 0 spiro atoms. The van der Waals surface area contributed by atoms with Gasteiger partial charge in [0.05, 0.1) is 45.1 Å². The molecule has 8 heteroatoms. The molecule has 0 bridgehead atoms. The SMILES string of the molecule is COc1ccc(OC)c(CC(=O)N2CC[C@H](c3ncccc3C(=O)N3CCOCC3)C2)c1. The van der Waals surface area contributed by atoms with Gasteiger partial charge in [0.25, 0.3) is 5.91 Å². The average molecular weight is 440 g/mol. The molecule has 1 aromatic heterocycles. The third kappa shape index (κ3) is 4.70. The summed E-state index contributed by atoms with van der Waals surface area (Å²) >= 11 is 0. The number of pyridine rings is 1. The second kappa shape index (κ2) is 9.99. The predicted octanol–water partition coefficient (Wildman–Crippen LogP) is 2.13. The van der Waals surface area contributed by atoms with Gasteiger partial charge < -0.3 is 24.0 Å². The minimum atomic E-state index is -0.0118. The number of amides is 2. The van der Waals surface area contributed by atoms with Crippen molar-refractivity contribution in [3.63, 3.8) is 0 Å². The number of carbonyl (C=O) groups is 2. The summed E-state index contributed by atoms with van der Waals surface area (Å²) < 4.78 is 16.1. The summed E-state index contributed by atoms with van der Waals surface area (Å²) in [6.07, 6.45) is 2.73. The molecule has 4 rings (SSSR count). The molecule has 2 aliphatic heterocycles. The van der Waals surface area contributed by atoms with E-state index in [0.717, 1.165) is 17.7 Å². The van der Waals surface area contributed by atoms with Crippen molar-refractivity contribution in [2.75, 3.05) is 53.6 Å². The number of likely N-dealkylation sites (tertiary alicyclic amines) is 1. The molecule has 170 valence electrons. The van der Waals surface area contributed by atoms with Crippen LogP contribution in [0.15, 0.2) is 36.5 Å². The lowest BCUT2D eigenvalue weighted by Gasteiger charge is -2.28. The second-order valence-electron chi connectivity index (χ2n) is 8.02. The maximum Gasteiger partial charge on any atom is 0.255 e. The van der Waals surface area contributed by atoms with Crippen molar-refractivity contribution in [2.24, 2.45) is 0 Å². The van der Waals surface area contributed by atoms with Gasteiger partial charge in [-0.15, -0.1) is 0 Å². The molecular weight excluding hydrogens is 410 g/mol. The molecule has 0 saturated carbocycles. The first kappa shape index (κ1) is 22.1. The molecule has 2 fully saturated rings. The van der Waals surface area contributed by atoms with E-state index in [2.05, 4.69) is 4.98 Å². The summed E-state index contributed by atoms with van der Waals surface area (Å²) in [4.78, 5) is 34.4. The van der Waals surface area contributed by atoms with Gasteiger partial charge in [-0.3, -0.25) is 14.6 Å². The van der Waals surface area contributed by atoms with Gasteiger partial charge in [0.15, 0.2) is 0 Å². The average Bonchev–Trinajstić information content (AvgIpc) is 3.34. The first-order valence-electron chi connectivity index (χ1n) is 10.9. The highest BCUT2D eigenvalue weighted by Crippen LogP contribution is 2.30. The third-order valence-corrected chi connectivity index (χ3v) is 6.12. The maximum atomic E-state index is 13.1. The fraction of sp³-hybridized carbons (Fsp3) is 0.458. The quantitative estimate of drug-likeness (QED) is 0.686. The Morgan fingerprint density at radius 2 is 1.91 bits per heavy atom. The lowest BCUT2D eigenvalue weighted by molar-refractivity contribution is -0.129. The van der Waals surface area contributed by atoms with Crippen molar-refractivity contribution in [3.05, 3.63) is 53.3 Å². The molecule has 2 amide bonds. The van der Waals surface area contributed by atoms with Crippen molar-refractivity contribution in [2.45, 2.75) is 18.8 Å². The van der Waals surface area contributed by atoms with Crippen LogP contribution < -0.4 is 9.47 Å². The number of hydrogen-bond donors (Lipinski definition) is 0. The number of carbonyl (C=O) groups excluding carboxylic acids is 2. The molecule has 1 atom stereocenters. The van der Waals surface area contributed by atoms with Crippen molar-refractivity contribution in [3.8, 4) is 11.5 Å². The van der Waals surface area contributed by atoms with E-state index in [0.29, 0.717) is 56.5 Å². The van der Waals surface area contributed by atoms with Crippen LogP contribution in [-0.4, -0.2) is 80.2 Å². The van der Waals surface area contributed by atoms with Gasteiger partial charge in [-0.2, -0.15) is 0 Å². The number of nitrogens with zero attached hydrogens (tertiary/aromatic N) is 3. The molecule has 32 heavy (non-hydrogen) atoms. The van der Waals surface area contributed by atoms with Crippen molar-refractivity contribution in [1.29, 1.82) is 0 Å². The van der Waals surface area contributed by atoms with E-state index in [1.165, 1.54) is 0 Å². The molecule has 1 aromatic carbocycles. The Balaban J connectivity index is 1.46. The number of ether oxygens (including phenoxy) is 3. The summed E-state index contributed by atoms with van der Waals surface area (Å²) in [5.41, 5.74) is 2.20. The molecule has 0 radical (unpaired) electrons. The molecule has 2 aliphatic rings. The molecule has 2 saturated heterocycles. The number of hydrogen-bond acceptors (Lipinski definition) is 6. The monoisotopic (exact) mass is 439 g/mol. The fourth-order valence-corrected chi connectivity index (χ4v) is 4.37. The van der Waals surface area contributed by atoms with Crippen LogP contribution >= 0.6 is 0 Å². The zero-order valence-electron chi connectivity index (χ0n) is 18.6. The number of morpholine rings is 1. The molecule has 0 aliphatic carbocycles. The minimum Gasteiger partial charge on any atom is -0.497 e. The normalized spacial score (nSPS) is 18.5. The minimum absolute atomic E-state index is 0.0118. The van der Waals surface area contributed by atoms with Gasteiger partial charge in [-0.25, -0.2) is 0 Å². The van der Waals surface area contributed by atoms with Crippen LogP contribution in [-0.2, 0) is 16.0 Å². The Morgan fingerprint density at radius 1 is 1.09 bits per heavy atom. The third-order valence-electron chi connectivity index (χ3n) is 6.12. The first-order valence-corrected chi connectivity index (χ1v) is 10.9. The number of rotatable bonds is 6. The van der Waals surface area contributed by atoms with Gasteiger partial charge in [0.2, 0.25) is 5.91 Å². The molecule has 3 heterocycles. The molecule has 2 aromatic rings. The second-order valence-corrected chi connectivity index (χ2v) is 8.02. The van der Waals surface area contributed by atoms with Gasteiger partial charge in [-0.05, 0) is 36.8 Å². The van der Waals surface area contributed by atoms with E-state index < -0.39 is 0 Å². The molecule has 8 nitrogen and oxygen atoms in total. The van der Waals surface area contributed by atoms with Crippen LogP contribution in [0.2, 0.25) is 0 Å². The van der Waals surface area contributed by atoms with Crippen LogP contribution in [0, 0.1) is 0 Å². The fourth-order valence-electron chi connectivity index (χ4n) is 4.37. The Hall–Kier alpha value is -3.13. The standard InChI is InChI=1S/C24H29N3O5/c1-30-19-5-6-21(31-2)18(14-19)15-22(28)27-9-7-17(16-27)23-20(4-3-8-25-23)24(29)26-10-12-32-13-11-26/h3-6,8,14,17H,7,9-13,15-16H2,1-2H3/t17-/m0/s1. The van der Waals surface area contributed by atoms with Gasteiger partial charge in [0.1, 0.15) is 11.5 Å². The van der Waals surface area contributed by atoms with Gasteiger partial charge in [-0.1, -0.05) is 0 Å². The van der Waals surface area contributed by atoms with Crippen LogP contribution in [0.25, 0.3) is 0 Å². The number of aromatic nitrogens is 1. The summed E-state index contributed by atoms with van der Waals surface area (Å²) in [6.45, 7) is 3.47. The highest BCUT2D eigenvalue weighted by atomic mass is 16.5. The lowest BCUT2D eigenvalue weighted by Crippen LogP contribution is -2.41. The van der Waals surface area contributed by atoms with E-state index in [9.17, 15) is 9.59 Å². The molecular formula is C24H29N3O5. The molecule has 0 N–H and O–H groups in total. The number of benzene rings is 1. The highest BCUT2D eigenvalue weighted by molar-refractivity contribution is 5.95. The topological polar surface area (TPSA) is 81.2 Å². The first-order chi connectivity index (χ1) is 15.6. The van der Waals surface area contributed by atoms with E-state index in [1.54, 1.807) is 26.5 Å². The Bertz CT molecular complexity index is 974. The van der Waals surface area contributed by atoms with E-state index in [4.69, 9.17) is 14.2 Å². The zero-order valence-corrected chi connectivity index (χ0v) is 18.6. The summed E-state index contributed by atoms with van der Waals surface area (Å²) in [7, 11) is 3.19. The van der Waals surface area contributed by atoms with E-state index >= 15 is 0 Å². The van der Waals surface area contributed by atoms with Crippen LogP contribution in [0.4, 0.5) is 0 Å². The Kier molecular flexibility index (Phi) is 6.90. The predicted molar refractivity (Wildman–Crippen MR) is 118 cm³/mol. The molecule has 0 unspecified atom stereocenters. The van der Waals surface area contributed by atoms with Gasteiger partial charge >= 0.3 is 0 Å². The van der Waals surface area contributed by atoms with E-state index in [-0.39, 0.29) is 24.2 Å². The largest absolute Gasteiger partial charge is 0.497 e. The van der Waals surface area contributed by atoms with Gasteiger partial charge in [0, 0.05) is 43.9 Å². The summed E-state index contributed by atoms with van der Waals surface area (Å²) in [6, 6.07) is 9.09. The van der Waals surface area contributed by atoms with Crippen molar-refractivity contribution >= 4 is 11.8 Å². The van der Waals surface area contributed by atoms with Crippen molar-refractivity contribution < 1.29 is 23.8 Å². The van der Waals surface area contributed by atoms with E-state index in [1.807, 2.05) is 34.1 Å². The smallest absolute Gasteiger partial charge is 0.255 e. The van der Waals surface area contributed by atoms with Crippen LogP contribution in [0.1, 0.15) is 34.0 Å². The lowest BCUT2D eigenvalue weighted by atomic mass is 9.98. The number of methoxy groups -OCH3 is 2. The maximum absolute atomic E-state index is 13.1. The highest BCUT2D eigenvalue weighted by Gasteiger charge is 2.32. The van der Waals surface area contributed by atoms with Crippen LogP contribution in [0.5, 0.6) is 11.5 Å². The Morgan fingerprint density at radius 3 is 2.66 bits per heavy atom. The van der Waals surface area contributed by atoms with Crippen molar-refractivity contribution in [1.82, 2.24) is 14.8 Å². The Labute approximate surface area is 188 Å². The summed E-state index contributed by atoms with van der Waals surface area (Å²) in [5.74, 6) is 1.40.